The zero-order valence-electron chi connectivity index (χ0n) is 10.1. The average molecular weight is 242 g/mol. The third kappa shape index (κ3) is 2.66. The first-order chi connectivity index (χ1) is 8.72. The van der Waals surface area contributed by atoms with E-state index in [0.717, 1.165) is 22.3 Å². The number of carbonyl (C=O) groups excluding carboxylic acids is 1. The number of hydrogen-bond acceptors (Lipinski definition) is 3. The molecule has 18 heavy (non-hydrogen) atoms. The van der Waals surface area contributed by atoms with Crippen LogP contribution in [0.25, 0.3) is 10.9 Å². The summed E-state index contributed by atoms with van der Waals surface area (Å²) in [5, 5.41) is 3.70. The van der Waals surface area contributed by atoms with Crippen molar-refractivity contribution in [3.05, 3.63) is 48.7 Å². The predicted octanol–water partition coefficient (Wildman–Crippen LogP) is 2.05. The van der Waals surface area contributed by atoms with Crippen molar-refractivity contribution in [1.29, 1.82) is 0 Å². The van der Waals surface area contributed by atoms with Gasteiger partial charge in [-0.15, -0.1) is 0 Å². The number of methoxy groups -OCH3 is 1. The van der Waals surface area contributed by atoms with Gasteiger partial charge in [0.15, 0.2) is 0 Å². The molecule has 1 heterocycles. The zero-order valence-corrected chi connectivity index (χ0v) is 10.1. The van der Waals surface area contributed by atoms with Crippen molar-refractivity contribution in [3.63, 3.8) is 0 Å². The minimum absolute atomic E-state index is 0.202. The van der Waals surface area contributed by atoms with E-state index in [0.29, 0.717) is 6.54 Å². The third-order valence-electron chi connectivity index (χ3n) is 2.58. The summed E-state index contributed by atoms with van der Waals surface area (Å²) in [7, 11) is 1.63. The molecule has 1 aromatic carbocycles. The molecule has 0 saturated heterocycles. The second-order valence-electron chi connectivity index (χ2n) is 3.78. The fourth-order valence-electron chi connectivity index (χ4n) is 1.62. The molecule has 0 spiro atoms. The minimum atomic E-state index is -0.202. The molecule has 4 nitrogen and oxygen atoms in total. The summed E-state index contributed by atoms with van der Waals surface area (Å²) >= 11 is 0. The molecule has 0 unspecified atom stereocenters. The molecule has 92 valence electrons. The van der Waals surface area contributed by atoms with E-state index >= 15 is 0 Å². The number of nitrogens with one attached hydrogen (secondary N) is 1. The van der Waals surface area contributed by atoms with Gasteiger partial charge in [-0.2, -0.15) is 0 Å². The topological polar surface area (TPSA) is 51.2 Å². The summed E-state index contributed by atoms with van der Waals surface area (Å²) in [5.74, 6) is 0.601. The van der Waals surface area contributed by atoms with Gasteiger partial charge in [0.25, 0.3) is 0 Å². The van der Waals surface area contributed by atoms with Gasteiger partial charge in [-0.1, -0.05) is 12.6 Å². The van der Waals surface area contributed by atoms with Gasteiger partial charge in [-0.3, -0.25) is 9.78 Å². The second-order valence-corrected chi connectivity index (χ2v) is 3.78. The molecule has 0 atom stereocenters. The number of fused-ring (bicyclic) bond motifs is 1. The highest BCUT2D eigenvalue weighted by atomic mass is 16.5. The summed E-state index contributed by atoms with van der Waals surface area (Å²) in [5.41, 5.74) is 1.68. The number of amides is 1. The Morgan fingerprint density at radius 3 is 3.00 bits per heavy atom. The van der Waals surface area contributed by atoms with Crippen LogP contribution in [0.3, 0.4) is 0 Å². The standard InChI is InChI=1S/C14H14N2O2/c1-3-14(17)15-9-11-5-4-10-8-12(18-2)6-7-13(10)16-11/h3-8H,1,9H2,2H3,(H,15,17). The van der Waals surface area contributed by atoms with Crippen LogP contribution in [0.15, 0.2) is 43.0 Å². The monoisotopic (exact) mass is 242 g/mol. The maximum Gasteiger partial charge on any atom is 0.243 e. The molecule has 1 aromatic heterocycles. The fraction of sp³-hybridized carbons (Fsp3) is 0.143. The van der Waals surface area contributed by atoms with E-state index in [4.69, 9.17) is 4.74 Å². The van der Waals surface area contributed by atoms with Gasteiger partial charge in [0.05, 0.1) is 24.9 Å². The van der Waals surface area contributed by atoms with Crippen LogP contribution in [-0.4, -0.2) is 18.0 Å². The summed E-state index contributed by atoms with van der Waals surface area (Å²) in [6, 6.07) is 9.52. The Kier molecular flexibility index (Phi) is 3.57. The van der Waals surface area contributed by atoms with Crippen molar-refractivity contribution >= 4 is 16.8 Å². The van der Waals surface area contributed by atoms with Crippen LogP contribution in [0.5, 0.6) is 5.75 Å². The summed E-state index contributed by atoms with van der Waals surface area (Å²) < 4.78 is 5.15. The van der Waals surface area contributed by atoms with E-state index < -0.39 is 0 Å². The van der Waals surface area contributed by atoms with E-state index in [9.17, 15) is 4.79 Å². The van der Waals surface area contributed by atoms with Gasteiger partial charge >= 0.3 is 0 Å². The second kappa shape index (κ2) is 5.31. The van der Waals surface area contributed by atoms with Gasteiger partial charge < -0.3 is 10.1 Å². The van der Waals surface area contributed by atoms with E-state index in [1.165, 1.54) is 6.08 Å². The van der Waals surface area contributed by atoms with E-state index in [1.807, 2.05) is 30.3 Å². The van der Waals surface area contributed by atoms with Crippen LogP contribution in [0, 0.1) is 0 Å². The molecule has 0 aliphatic rings. The van der Waals surface area contributed by atoms with Crippen LogP contribution < -0.4 is 10.1 Å². The first kappa shape index (κ1) is 12.1. The van der Waals surface area contributed by atoms with Gasteiger partial charge in [0, 0.05) is 5.39 Å². The molecule has 2 rings (SSSR count). The van der Waals surface area contributed by atoms with Gasteiger partial charge in [0.1, 0.15) is 5.75 Å². The van der Waals surface area contributed by atoms with Crippen LogP contribution in [0.2, 0.25) is 0 Å². The minimum Gasteiger partial charge on any atom is -0.497 e. The van der Waals surface area contributed by atoms with Crippen molar-refractivity contribution in [2.75, 3.05) is 7.11 Å². The lowest BCUT2D eigenvalue weighted by atomic mass is 10.2. The zero-order chi connectivity index (χ0) is 13.0. The Morgan fingerprint density at radius 2 is 2.28 bits per heavy atom. The maximum absolute atomic E-state index is 11.1. The van der Waals surface area contributed by atoms with Crippen molar-refractivity contribution in [3.8, 4) is 5.75 Å². The van der Waals surface area contributed by atoms with E-state index in [1.54, 1.807) is 7.11 Å². The summed E-state index contributed by atoms with van der Waals surface area (Å²) in [6.45, 7) is 3.79. The van der Waals surface area contributed by atoms with Crippen LogP contribution in [0.1, 0.15) is 5.69 Å². The van der Waals surface area contributed by atoms with Gasteiger partial charge in [-0.05, 0) is 30.3 Å². The summed E-state index contributed by atoms with van der Waals surface area (Å²) in [4.78, 5) is 15.5. The van der Waals surface area contributed by atoms with Gasteiger partial charge in [0.2, 0.25) is 5.91 Å². The van der Waals surface area contributed by atoms with Gasteiger partial charge in [-0.25, -0.2) is 0 Å². The molecular weight excluding hydrogens is 228 g/mol. The van der Waals surface area contributed by atoms with Crippen molar-refractivity contribution in [2.45, 2.75) is 6.54 Å². The number of pyridine rings is 1. The molecule has 0 fully saturated rings. The number of aromatic nitrogens is 1. The lowest BCUT2D eigenvalue weighted by molar-refractivity contribution is -0.116. The Hall–Kier alpha value is -2.36. The Balaban J connectivity index is 2.22. The molecule has 0 aliphatic heterocycles. The Bertz CT molecular complexity index is 593. The number of hydrogen-bond donors (Lipinski definition) is 1. The fourth-order valence-corrected chi connectivity index (χ4v) is 1.62. The molecule has 0 saturated carbocycles. The van der Waals surface area contributed by atoms with Crippen molar-refractivity contribution in [1.82, 2.24) is 10.3 Å². The van der Waals surface area contributed by atoms with Crippen molar-refractivity contribution < 1.29 is 9.53 Å². The molecule has 1 amide bonds. The molecule has 0 bridgehead atoms. The highest BCUT2D eigenvalue weighted by Gasteiger charge is 2.01. The quantitative estimate of drug-likeness (QED) is 0.835. The first-order valence-corrected chi connectivity index (χ1v) is 5.57. The number of carbonyl (C=O) groups is 1. The molecule has 4 heteroatoms. The maximum atomic E-state index is 11.1. The average Bonchev–Trinajstić information content (AvgIpc) is 2.43. The molecule has 1 N–H and O–H groups in total. The first-order valence-electron chi connectivity index (χ1n) is 5.57. The van der Waals surface area contributed by atoms with Crippen LogP contribution in [-0.2, 0) is 11.3 Å². The smallest absolute Gasteiger partial charge is 0.243 e. The third-order valence-corrected chi connectivity index (χ3v) is 2.58. The number of rotatable bonds is 4. The normalized spacial score (nSPS) is 10.1. The number of nitrogens with zero attached hydrogens (tertiary/aromatic N) is 1. The molecular formula is C14H14N2O2. The highest BCUT2D eigenvalue weighted by Crippen LogP contribution is 2.19. The SMILES string of the molecule is C=CC(=O)NCc1ccc2cc(OC)ccc2n1. The molecule has 2 aromatic rings. The van der Waals surface area contributed by atoms with E-state index in [2.05, 4.69) is 16.9 Å². The lowest BCUT2D eigenvalue weighted by Crippen LogP contribution is -2.20. The molecule has 0 radical (unpaired) electrons. The Morgan fingerprint density at radius 1 is 1.44 bits per heavy atom. The van der Waals surface area contributed by atoms with Crippen LogP contribution in [0.4, 0.5) is 0 Å². The Labute approximate surface area is 105 Å². The van der Waals surface area contributed by atoms with Crippen molar-refractivity contribution in [2.24, 2.45) is 0 Å². The predicted molar refractivity (Wildman–Crippen MR) is 70.3 cm³/mol. The molecule has 0 aliphatic carbocycles. The largest absolute Gasteiger partial charge is 0.497 e. The highest BCUT2D eigenvalue weighted by molar-refractivity contribution is 5.86. The number of benzene rings is 1. The lowest BCUT2D eigenvalue weighted by Gasteiger charge is -2.05. The van der Waals surface area contributed by atoms with E-state index in [-0.39, 0.29) is 5.91 Å². The van der Waals surface area contributed by atoms with Crippen LogP contribution >= 0.6 is 0 Å². The number of ether oxygens (including phenoxy) is 1. The summed E-state index contributed by atoms with van der Waals surface area (Å²) in [6.07, 6.45) is 1.24.